The number of likely N-dealkylation sites (tertiary alicyclic amines) is 1. The van der Waals surface area contributed by atoms with E-state index in [9.17, 15) is 14.4 Å². The third-order valence-electron chi connectivity index (χ3n) is 10.4. The summed E-state index contributed by atoms with van der Waals surface area (Å²) >= 11 is 0. The number of nitrogens with zero attached hydrogens (tertiary/aromatic N) is 2. The smallest absolute Gasteiger partial charge is 0.355 e. The summed E-state index contributed by atoms with van der Waals surface area (Å²) in [6.07, 6.45) is 1.46. The zero-order chi connectivity index (χ0) is 35.7. The molecule has 0 aromatic heterocycles. The molecule has 4 atom stereocenters. The summed E-state index contributed by atoms with van der Waals surface area (Å²) < 4.78 is 12.4. The Balaban J connectivity index is 1.79. The van der Waals surface area contributed by atoms with Crippen LogP contribution in [0.15, 0.2) is 103 Å². The number of hydrogen-bond donors (Lipinski definition) is 1. The number of allylic oxidation sites excluding steroid dienone is 1. The summed E-state index contributed by atoms with van der Waals surface area (Å²) in [5.74, 6) is -1.53. The van der Waals surface area contributed by atoms with Crippen LogP contribution in [0.2, 0.25) is 18.1 Å². The molecule has 0 saturated carbocycles. The van der Waals surface area contributed by atoms with Crippen molar-refractivity contribution in [2.75, 3.05) is 14.2 Å². The molecule has 0 radical (unpaired) electrons. The SMILES string of the molecule is COC(=O)C(N1C(=O)[C@H]([C@@H](C)O[Si](C)(C)C(C)(C)C)[C@H]1CC(=O)C1C=C(C)N(C)N1)=P(c1ccccc1)(c1ccccc1)c1ccccc1. The van der Waals surface area contributed by atoms with Crippen molar-refractivity contribution < 1.29 is 23.5 Å². The minimum absolute atomic E-state index is 0.0375. The lowest BCUT2D eigenvalue weighted by molar-refractivity contribution is -0.157. The maximum absolute atomic E-state index is 14.9. The number of rotatable bonds is 11. The van der Waals surface area contributed by atoms with Crippen molar-refractivity contribution in [2.45, 2.75) is 77.4 Å². The number of hydrazine groups is 1. The van der Waals surface area contributed by atoms with Crippen LogP contribution in [0.3, 0.4) is 0 Å². The van der Waals surface area contributed by atoms with Gasteiger partial charge in [-0.3, -0.25) is 9.59 Å². The maximum Gasteiger partial charge on any atom is 0.355 e. The van der Waals surface area contributed by atoms with E-state index in [1.54, 1.807) is 4.90 Å². The van der Waals surface area contributed by atoms with Crippen LogP contribution in [-0.4, -0.2) is 73.6 Å². The molecule has 1 fully saturated rings. The van der Waals surface area contributed by atoms with Gasteiger partial charge in [0.15, 0.2) is 14.1 Å². The van der Waals surface area contributed by atoms with Gasteiger partial charge in [0.1, 0.15) is 11.5 Å². The van der Waals surface area contributed by atoms with E-state index in [1.165, 1.54) is 7.11 Å². The number of ketones is 1. The van der Waals surface area contributed by atoms with Crippen molar-refractivity contribution in [1.29, 1.82) is 0 Å². The van der Waals surface area contributed by atoms with Crippen LogP contribution >= 0.6 is 6.89 Å². The van der Waals surface area contributed by atoms with E-state index in [1.807, 2.05) is 123 Å². The lowest BCUT2D eigenvalue weighted by Gasteiger charge is -2.53. The van der Waals surface area contributed by atoms with Crippen LogP contribution in [0, 0.1) is 5.92 Å². The number of methoxy groups -OCH3 is 1. The molecule has 49 heavy (non-hydrogen) atoms. The number of amides is 1. The molecular weight excluding hydrogens is 650 g/mol. The lowest BCUT2D eigenvalue weighted by Crippen LogP contribution is -2.70. The number of hydrogen-bond acceptors (Lipinski definition) is 7. The molecule has 1 N–H and O–H groups in total. The number of benzene rings is 3. The Morgan fingerprint density at radius 2 is 1.37 bits per heavy atom. The topological polar surface area (TPSA) is 88.2 Å². The third-order valence-corrected chi connectivity index (χ3v) is 19.3. The minimum atomic E-state index is -3.08. The number of esters is 1. The molecule has 8 nitrogen and oxygen atoms in total. The van der Waals surface area contributed by atoms with Crippen LogP contribution in [0.1, 0.15) is 41.0 Å². The molecule has 1 unspecified atom stereocenters. The molecule has 0 bridgehead atoms. The van der Waals surface area contributed by atoms with E-state index in [4.69, 9.17) is 9.16 Å². The molecule has 5 rings (SSSR count). The highest BCUT2D eigenvalue weighted by Gasteiger charge is 2.57. The van der Waals surface area contributed by atoms with E-state index in [0.717, 1.165) is 21.6 Å². The third kappa shape index (κ3) is 6.74. The highest BCUT2D eigenvalue weighted by Crippen LogP contribution is 2.50. The zero-order valence-electron chi connectivity index (χ0n) is 30.1. The van der Waals surface area contributed by atoms with Gasteiger partial charge in [-0.05, 0) is 54.0 Å². The van der Waals surface area contributed by atoms with Gasteiger partial charge in [-0.1, -0.05) is 112 Å². The molecule has 1 amide bonds. The normalized spacial score (nSPS) is 20.4. The number of β-lactam (4-membered cyclic amide) rings is 1. The molecule has 10 heteroatoms. The Bertz CT molecular complexity index is 1670. The Kier molecular flexibility index (Phi) is 10.6. The van der Waals surface area contributed by atoms with Crippen LogP contribution < -0.4 is 21.3 Å². The number of Topliss-reactive ketones (excluding diaryl/α,β-unsaturated/α-hetero) is 1. The molecule has 3 aromatic rings. The Morgan fingerprint density at radius 3 is 1.76 bits per heavy atom. The van der Waals surface area contributed by atoms with Crippen molar-refractivity contribution in [1.82, 2.24) is 15.3 Å². The fourth-order valence-corrected chi connectivity index (χ4v) is 12.6. The van der Waals surface area contributed by atoms with Gasteiger partial charge in [0.05, 0.1) is 25.2 Å². The highest BCUT2D eigenvalue weighted by atomic mass is 31.2. The molecule has 260 valence electrons. The average Bonchev–Trinajstić information content (AvgIpc) is 3.42. The van der Waals surface area contributed by atoms with Gasteiger partial charge in [-0.25, -0.2) is 10.2 Å². The summed E-state index contributed by atoms with van der Waals surface area (Å²) in [6.45, 7) is 11.6. The van der Waals surface area contributed by atoms with Crippen LogP contribution in [0.25, 0.3) is 0 Å². The second kappa shape index (κ2) is 14.2. The first-order chi connectivity index (χ1) is 23.1. The molecule has 1 saturated heterocycles. The maximum atomic E-state index is 14.9. The predicted octanol–water partition coefficient (Wildman–Crippen LogP) is 5.20. The standard InChI is InChI=1S/C39H50N3O5PSi/c1-27-25-32(40-41(27)6)34(43)26-33-35(28(2)47-49(8,9)39(3,4)5)36(44)42(33)37(38(45)46-7)48(29-19-13-10-14-20-29,30-21-15-11-16-22-30)31-23-17-12-18-24-31/h10-25,28,32-33,35,40H,26H2,1-9H3/t28-,32?,33-,35-/m1/s1. The fraction of sp³-hybridized carbons (Fsp3) is 0.385. The molecule has 2 aliphatic rings. The number of carbonyl (C=O) groups excluding carboxylic acids is 3. The minimum Gasteiger partial charge on any atom is -0.464 e. The summed E-state index contributed by atoms with van der Waals surface area (Å²) in [7, 11) is 0.925. The van der Waals surface area contributed by atoms with E-state index in [0.29, 0.717) is 0 Å². The van der Waals surface area contributed by atoms with Crippen LogP contribution in [-0.2, 0) is 23.5 Å². The highest BCUT2D eigenvalue weighted by molar-refractivity contribution is 7.96. The van der Waals surface area contributed by atoms with Crippen molar-refractivity contribution in [3.63, 3.8) is 0 Å². The second-order valence-corrected chi connectivity index (χ2v) is 22.6. The zero-order valence-corrected chi connectivity index (χ0v) is 32.0. The van der Waals surface area contributed by atoms with E-state index < -0.39 is 45.3 Å². The molecular formula is C39H50N3O5PSi. The first-order valence-electron chi connectivity index (χ1n) is 16.9. The van der Waals surface area contributed by atoms with Gasteiger partial charge >= 0.3 is 5.97 Å². The summed E-state index contributed by atoms with van der Waals surface area (Å²) in [5.41, 5.74) is 4.43. The van der Waals surface area contributed by atoms with Crippen LogP contribution in [0.4, 0.5) is 0 Å². The molecule has 0 aliphatic carbocycles. The van der Waals surface area contributed by atoms with Crippen molar-refractivity contribution in [2.24, 2.45) is 5.92 Å². The Morgan fingerprint density at radius 1 is 0.898 bits per heavy atom. The Labute approximate surface area is 292 Å². The summed E-state index contributed by atoms with van der Waals surface area (Å²) in [5, 5.41) is 4.44. The van der Waals surface area contributed by atoms with Gasteiger partial charge < -0.3 is 19.1 Å². The predicted molar refractivity (Wildman–Crippen MR) is 202 cm³/mol. The largest absolute Gasteiger partial charge is 0.464 e. The summed E-state index contributed by atoms with van der Waals surface area (Å²) in [4.78, 5) is 45.1. The Hall–Kier alpha value is -3.75. The first kappa shape index (κ1) is 36.5. The monoisotopic (exact) mass is 699 g/mol. The quantitative estimate of drug-likeness (QED) is 0.127. The molecule has 2 heterocycles. The van der Waals surface area contributed by atoms with E-state index in [2.05, 4.69) is 39.3 Å². The van der Waals surface area contributed by atoms with E-state index >= 15 is 0 Å². The average molecular weight is 700 g/mol. The van der Waals surface area contributed by atoms with Gasteiger partial charge in [0, 0.05) is 26.1 Å². The first-order valence-corrected chi connectivity index (χ1v) is 21.6. The number of carbonyl (C=O) groups is 3. The van der Waals surface area contributed by atoms with Crippen molar-refractivity contribution in [3.05, 3.63) is 103 Å². The molecule has 2 aliphatic heterocycles. The number of nitrogens with one attached hydrogen (secondary N) is 1. The fourth-order valence-electron chi connectivity index (χ4n) is 6.73. The summed E-state index contributed by atoms with van der Waals surface area (Å²) in [6, 6.07) is 28.5. The van der Waals surface area contributed by atoms with Crippen molar-refractivity contribution in [3.8, 4) is 0 Å². The molecule has 3 aromatic carbocycles. The van der Waals surface area contributed by atoms with E-state index in [-0.39, 0.29) is 28.6 Å². The lowest BCUT2D eigenvalue weighted by atomic mass is 9.79. The number of ether oxygens (including phenoxy) is 1. The van der Waals surface area contributed by atoms with Gasteiger partial charge in [-0.2, -0.15) is 0 Å². The second-order valence-electron chi connectivity index (χ2n) is 14.5. The molecule has 0 spiro atoms. The van der Waals surface area contributed by atoms with Crippen LogP contribution in [0.5, 0.6) is 0 Å². The van der Waals surface area contributed by atoms with Gasteiger partial charge in [-0.15, -0.1) is 0 Å². The van der Waals surface area contributed by atoms with Gasteiger partial charge in [0.25, 0.3) is 0 Å². The van der Waals surface area contributed by atoms with Gasteiger partial charge in [0.2, 0.25) is 5.91 Å². The van der Waals surface area contributed by atoms with Crippen molar-refractivity contribution >= 4 is 54.2 Å².